The second-order valence-corrected chi connectivity index (χ2v) is 46.2. The summed E-state index contributed by atoms with van der Waals surface area (Å²) in [7, 11) is -14.3. The van der Waals surface area contributed by atoms with E-state index in [4.69, 9.17) is 10.2 Å². The van der Waals surface area contributed by atoms with Crippen molar-refractivity contribution in [1.82, 2.24) is 0 Å². The number of halogens is 11. The molecule has 4 heterocycles. The number of benzene rings is 11. The van der Waals surface area contributed by atoms with Gasteiger partial charge in [0.05, 0.1) is 64.8 Å². The summed E-state index contributed by atoms with van der Waals surface area (Å²) in [6, 6.07) is 78.8. The molecular formula is C112H118BrF10N5O16S4. The molecule has 36 heteroatoms. The molecule has 0 amide bonds. The van der Waals surface area contributed by atoms with E-state index < -0.39 is 96.6 Å². The van der Waals surface area contributed by atoms with Gasteiger partial charge < -0.3 is 71.0 Å². The lowest BCUT2D eigenvalue weighted by Crippen LogP contribution is -3.00. The Labute approximate surface area is 866 Å². The van der Waals surface area contributed by atoms with Gasteiger partial charge in [-0.05, 0) is 203 Å². The Bertz CT molecular complexity index is 7250. The van der Waals surface area contributed by atoms with Crippen LogP contribution in [0.4, 0.5) is 66.7 Å². The van der Waals surface area contributed by atoms with Crippen LogP contribution in [0.2, 0.25) is 0 Å². The van der Waals surface area contributed by atoms with Crippen molar-refractivity contribution in [3.05, 3.63) is 357 Å². The number of nitrogens with zero attached hydrogens (tertiary/aromatic N) is 5. The predicted molar refractivity (Wildman–Crippen MR) is 552 cm³/mol. The minimum Gasteiger partial charge on any atom is -1.00 e. The van der Waals surface area contributed by atoms with Crippen LogP contribution in [-0.2, 0) is 68.1 Å². The van der Waals surface area contributed by atoms with Crippen molar-refractivity contribution < 1.29 is 148 Å². The number of hydrogen-bond acceptors (Lipinski definition) is 18. The fraction of sp³-hybridized carbons (Fsp3) is 0.321. The van der Waals surface area contributed by atoms with Crippen LogP contribution in [0.25, 0.3) is 43.1 Å². The molecule has 0 saturated carbocycles. The molecule has 0 fully saturated rings. The molecule has 11 aromatic rings. The summed E-state index contributed by atoms with van der Waals surface area (Å²) in [5.74, 6) is 0. The van der Waals surface area contributed by atoms with Crippen LogP contribution in [0.15, 0.2) is 338 Å². The Balaban J connectivity index is 0.000000195. The van der Waals surface area contributed by atoms with Crippen LogP contribution < -0.4 is 26.8 Å². The molecule has 0 aromatic heterocycles. The van der Waals surface area contributed by atoms with Gasteiger partial charge in [0.15, 0.2) is 44.7 Å². The first-order chi connectivity index (χ1) is 68.9. The fourth-order valence-electron chi connectivity index (χ4n) is 20.6. The highest BCUT2D eigenvalue weighted by Crippen LogP contribution is 2.55. The maximum Gasteiger partial charge on any atom is 0.421 e. The molecule has 6 aliphatic rings. The molecule has 0 bridgehead atoms. The number of quaternary nitrogens is 1. The molecule has 148 heavy (non-hydrogen) atoms. The Morgan fingerprint density at radius 1 is 0.378 bits per heavy atom. The van der Waals surface area contributed by atoms with Crippen LogP contribution in [0.3, 0.4) is 0 Å². The molecule has 2 aliphatic carbocycles. The smallest absolute Gasteiger partial charge is 0.421 e. The molecule has 0 radical (unpaired) electrons. The van der Waals surface area contributed by atoms with Gasteiger partial charge in [-0.3, -0.25) is 0 Å². The van der Waals surface area contributed by atoms with E-state index in [0.29, 0.717) is 61.7 Å². The maximum atomic E-state index is 14.8. The number of allylic oxidation sites excluding steroid dienone is 14. The summed E-state index contributed by atoms with van der Waals surface area (Å²) in [4.78, 5) is 5.64. The molecule has 6 N–H and O–H groups in total. The van der Waals surface area contributed by atoms with E-state index in [2.05, 4.69) is 296 Å². The van der Waals surface area contributed by atoms with Crippen LogP contribution in [-0.4, -0.2) is 207 Å². The largest absolute Gasteiger partial charge is 1.00 e. The molecule has 2 unspecified atom stereocenters. The Morgan fingerprint density at radius 2 is 0.676 bits per heavy atom. The molecule has 0 saturated heterocycles. The van der Waals surface area contributed by atoms with Crippen molar-refractivity contribution in [3.63, 3.8) is 0 Å². The lowest BCUT2D eigenvalue weighted by molar-refractivity contribution is -0.884. The number of aliphatic hydroxyl groups is 6. The van der Waals surface area contributed by atoms with Crippen molar-refractivity contribution in [1.29, 1.82) is 0 Å². The maximum absolute atomic E-state index is 14.8. The predicted octanol–water partition coefficient (Wildman–Crippen LogP) is 17.9. The van der Waals surface area contributed by atoms with Gasteiger partial charge in [-0.25, -0.2) is 33.7 Å². The lowest BCUT2D eigenvalue weighted by atomic mass is 9.78. The van der Waals surface area contributed by atoms with Crippen molar-refractivity contribution in [2.75, 3.05) is 83.5 Å². The van der Waals surface area contributed by atoms with E-state index in [1.54, 1.807) is 48.5 Å². The first-order valence-electron chi connectivity index (χ1n) is 47.5. The van der Waals surface area contributed by atoms with E-state index in [0.717, 1.165) is 113 Å². The number of alkyl halides is 10. The highest BCUT2D eigenvalue weighted by Gasteiger charge is 2.61. The van der Waals surface area contributed by atoms with Crippen LogP contribution in [0.1, 0.15) is 122 Å². The number of sulfone groups is 2. The quantitative estimate of drug-likeness (QED) is 0.0142. The highest BCUT2D eigenvalue weighted by atomic mass is 79.9. The topological polar surface area (TPSA) is 317 Å². The van der Waals surface area contributed by atoms with Gasteiger partial charge in [0.25, 0.3) is 0 Å². The molecule has 0 spiro atoms. The molecular weight excluding hydrogens is 2070 g/mol. The van der Waals surface area contributed by atoms with E-state index in [-0.39, 0.29) is 53.2 Å². The van der Waals surface area contributed by atoms with Crippen molar-refractivity contribution >= 4 is 117 Å². The van der Waals surface area contributed by atoms with Gasteiger partial charge in [0.1, 0.15) is 19.8 Å². The van der Waals surface area contributed by atoms with Gasteiger partial charge >= 0.3 is 22.9 Å². The second kappa shape index (κ2) is 45.0. The van der Waals surface area contributed by atoms with Gasteiger partial charge in [0, 0.05) is 87.7 Å². The lowest BCUT2D eigenvalue weighted by Gasteiger charge is -2.27. The Hall–Kier alpha value is -11.5. The molecule has 2 atom stereocenters. The van der Waals surface area contributed by atoms with Gasteiger partial charge in [-0.15, -0.1) is 0 Å². The molecule has 4 aliphatic heterocycles. The number of rotatable bonds is 24. The number of aliphatic hydroxyl groups excluding tert-OH is 6. The molecule has 11 aromatic carbocycles. The number of fused-ring (bicyclic) bond motifs is 12. The van der Waals surface area contributed by atoms with E-state index in [1.165, 1.54) is 49.4 Å². The average Bonchev–Trinajstić information content (AvgIpc) is 1.58. The number of hydrogen-bond donors (Lipinski definition) is 6. The standard InChI is InChI=1S/2C48H49N2O4S.C10H16N.2C3H3F5O4S.BrH/c2*1-47(2)42(49(29-31-51)40-25-21-33-13-8-10-19-38(33)44(40)47)27-23-35-15-12-16-36(46(35)55(53,54)37-17-6-5-7-18-37)24-28-43-48(3,4)45-39-20-11-9-14-34(39)22-26-41(45)50(43)30-32-52;1-11(2,3)9-10-7-5-4-6-8-10;2*4-2(5,6)1(9)3(7,8)13(10,11)12;/h2*5-11,13-14,17-28,51-52H,12,15-16,29-32H2,1-4H3;4-8H,9H2,1-3H3;2*1,9H,(H,10,11,12);1H/q3*+1;;;/p-3. The minimum atomic E-state index is -6.54. The second-order valence-electron chi connectivity index (χ2n) is 39.6. The molecule has 17 rings (SSSR count). The third-order valence-electron chi connectivity index (χ3n) is 27.1. The molecule has 21 nitrogen and oxygen atoms in total. The zero-order valence-corrected chi connectivity index (χ0v) is 88.0. The first-order valence-corrected chi connectivity index (χ1v) is 53.3. The third kappa shape index (κ3) is 23.5. The SMILES string of the molecule is CC1(C)C(/C=C/C2=C(S(=O)(=O)c3ccccc3)C(=C/C=C3/N(CCO)c4ccc5ccccc5c4C3(C)C)/CCC2)=[N+](CCO)c2ccc3ccccc3c21.CC1(C)C(/C=C/C2=C(S(=O)(=O)c3ccccc3)C(=C/C=C3/N(CCO)c4ccc5ccccc5c4C3(C)C)/CCC2)=[N+](CCO)c2ccc3ccccc3c21.C[N+](C)(C)Cc1ccccc1.O=S(=O)([O-])C(F)(F)C(O)C(F)(F)F.O=S(=O)([O-])C(F)(F)C(O)C(F)(F)F.[Br-]. The Kier molecular flexibility index (Phi) is 35.0. The van der Waals surface area contributed by atoms with Gasteiger partial charge in [-0.1, -0.05) is 228 Å². The number of anilines is 2. The summed E-state index contributed by atoms with van der Waals surface area (Å²) in [5, 5.41) is 54.3. The first kappa shape index (κ1) is 115. The van der Waals surface area contributed by atoms with Crippen LogP contribution >= 0.6 is 0 Å². The minimum absolute atomic E-state index is 0. The average molecular weight is 2190 g/mol. The zero-order valence-electron chi connectivity index (χ0n) is 83.2. The fourth-order valence-corrected chi connectivity index (χ4v) is 25.0. The summed E-state index contributed by atoms with van der Waals surface area (Å²) in [6.45, 7) is 20.5. The summed E-state index contributed by atoms with van der Waals surface area (Å²) >= 11 is 0. The van der Waals surface area contributed by atoms with Crippen LogP contribution in [0.5, 0.6) is 0 Å². The summed E-state index contributed by atoms with van der Waals surface area (Å²) < 4.78 is 238. The third-order valence-corrected chi connectivity index (χ3v) is 32.8. The molecule has 788 valence electrons. The Morgan fingerprint density at radius 3 is 0.966 bits per heavy atom. The number of β-amino-alcohol motifs (C(OH)–C–C–N with tert-alkyl or cyclic N) is 4. The van der Waals surface area contributed by atoms with E-state index in [9.17, 15) is 107 Å². The monoisotopic (exact) mass is 2190 g/mol. The normalized spacial score (nSPS) is 18.3. The van der Waals surface area contributed by atoms with Gasteiger partial charge in [-0.2, -0.15) is 53.1 Å². The summed E-state index contributed by atoms with van der Waals surface area (Å²) in [6.07, 6.45) is -0.243. The highest BCUT2D eigenvalue weighted by molar-refractivity contribution is 7.96. The van der Waals surface area contributed by atoms with Crippen LogP contribution in [0, 0.1) is 0 Å². The zero-order chi connectivity index (χ0) is 108. The van der Waals surface area contributed by atoms with E-state index in [1.807, 2.05) is 36.4 Å². The summed E-state index contributed by atoms with van der Waals surface area (Å²) in [5.41, 5.74) is 16.1. The van der Waals surface area contributed by atoms with E-state index >= 15 is 0 Å². The van der Waals surface area contributed by atoms with Crippen molar-refractivity contribution in [2.45, 2.75) is 167 Å². The van der Waals surface area contributed by atoms with Gasteiger partial charge in [0.2, 0.25) is 43.3 Å². The van der Waals surface area contributed by atoms with Crippen molar-refractivity contribution in [2.24, 2.45) is 0 Å². The van der Waals surface area contributed by atoms with Crippen molar-refractivity contribution in [3.8, 4) is 0 Å².